The average Bonchev–Trinajstić information content (AvgIpc) is 2.70. The zero-order valence-corrected chi connectivity index (χ0v) is 9.59. The molecule has 5 nitrogen and oxygen atoms in total. The lowest BCUT2D eigenvalue weighted by Gasteiger charge is -2.06. The third-order valence-corrected chi connectivity index (χ3v) is 4.45. The van der Waals surface area contributed by atoms with Gasteiger partial charge in [-0.05, 0) is 6.42 Å². The molecule has 2 N–H and O–H groups in total. The number of nitrogens with two attached hydrogens (primary N) is 1. The van der Waals surface area contributed by atoms with Gasteiger partial charge in [0.2, 0.25) is 0 Å². The number of aromatic nitrogens is 2. The molecule has 0 saturated carbocycles. The molecule has 2 rings (SSSR count). The highest BCUT2D eigenvalue weighted by Crippen LogP contribution is 2.22. The lowest BCUT2D eigenvalue weighted by atomic mass is 10.3. The van der Waals surface area contributed by atoms with E-state index in [0.717, 1.165) is 0 Å². The van der Waals surface area contributed by atoms with Gasteiger partial charge in [-0.25, -0.2) is 8.42 Å². The van der Waals surface area contributed by atoms with Crippen molar-refractivity contribution in [3.8, 4) is 0 Å². The van der Waals surface area contributed by atoms with Crippen LogP contribution in [0.25, 0.3) is 0 Å². The molecule has 82 valence electrons. The number of thiocarbonyl (C=S) groups is 1. The Morgan fingerprint density at radius 2 is 2.40 bits per heavy atom. The molecule has 15 heavy (non-hydrogen) atoms. The summed E-state index contributed by atoms with van der Waals surface area (Å²) >= 11 is 4.80. The third kappa shape index (κ3) is 2.18. The van der Waals surface area contributed by atoms with Gasteiger partial charge in [0, 0.05) is 11.8 Å². The third-order valence-electron chi connectivity index (χ3n) is 2.47. The van der Waals surface area contributed by atoms with E-state index in [9.17, 15) is 8.42 Å². The molecule has 1 aromatic heterocycles. The highest BCUT2D eigenvalue weighted by atomic mass is 32.2. The van der Waals surface area contributed by atoms with E-state index in [1.54, 1.807) is 17.1 Å². The summed E-state index contributed by atoms with van der Waals surface area (Å²) in [6.07, 6.45) is 3.88. The highest BCUT2D eigenvalue weighted by molar-refractivity contribution is 7.91. The first-order valence-corrected chi connectivity index (χ1v) is 6.75. The van der Waals surface area contributed by atoms with Crippen LogP contribution in [0.4, 0.5) is 0 Å². The summed E-state index contributed by atoms with van der Waals surface area (Å²) in [7, 11) is -2.88. The molecule has 1 atom stereocenters. The minimum absolute atomic E-state index is 0.0712. The fraction of sp³-hybridized carbons (Fsp3) is 0.500. The van der Waals surface area contributed by atoms with Gasteiger partial charge in [-0.3, -0.25) is 4.68 Å². The largest absolute Gasteiger partial charge is 0.389 e. The monoisotopic (exact) mass is 245 g/mol. The lowest BCUT2D eigenvalue weighted by molar-refractivity contribution is 0.499. The summed E-state index contributed by atoms with van der Waals surface area (Å²) in [6, 6.07) is -0.0712. The van der Waals surface area contributed by atoms with Crippen LogP contribution in [0.2, 0.25) is 0 Å². The van der Waals surface area contributed by atoms with E-state index in [2.05, 4.69) is 5.10 Å². The Kier molecular flexibility index (Phi) is 2.51. The van der Waals surface area contributed by atoms with Crippen LogP contribution in [0.1, 0.15) is 18.0 Å². The smallest absolute Gasteiger partial charge is 0.152 e. The first-order chi connectivity index (χ1) is 6.98. The zero-order valence-electron chi connectivity index (χ0n) is 7.96. The second-order valence-electron chi connectivity index (χ2n) is 3.63. The van der Waals surface area contributed by atoms with Crippen molar-refractivity contribution in [1.82, 2.24) is 9.78 Å². The summed E-state index contributed by atoms with van der Waals surface area (Å²) in [5, 5.41) is 4.07. The van der Waals surface area contributed by atoms with E-state index in [1.165, 1.54) is 0 Å². The first kappa shape index (κ1) is 10.6. The van der Waals surface area contributed by atoms with Crippen molar-refractivity contribution >= 4 is 27.0 Å². The number of nitrogens with zero attached hydrogens (tertiary/aromatic N) is 2. The van der Waals surface area contributed by atoms with E-state index in [1.807, 2.05) is 0 Å². The van der Waals surface area contributed by atoms with Crippen molar-refractivity contribution in [3.63, 3.8) is 0 Å². The van der Waals surface area contributed by atoms with Crippen LogP contribution in [0.15, 0.2) is 12.4 Å². The van der Waals surface area contributed by atoms with E-state index < -0.39 is 9.84 Å². The lowest BCUT2D eigenvalue weighted by Crippen LogP contribution is -2.12. The highest BCUT2D eigenvalue weighted by Gasteiger charge is 2.29. The Bertz CT molecular complexity index is 492. The van der Waals surface area contributed by atoms with Gasteiger partial charge in [-0.15, -0.1) is 0 Å². The first-order valence-electron chi connectivity index (χ1n) is 4.52. The van der Waals surface area contributed by atoms with Crippen molar-refractivity contribution in [3.05, 3.63) is 18.0 Å². The molecule has 1 aliphatic rings. The molecule has 1 unspecified atom stereocenters. The van der Waals surface area contributed by atoms with Crippen molar-refractivity contribution < 1.29 is 8.42 Å². The molecule has 7 heteroatoms. The molecule has 1 aliphatic heterocycles. The Morgan fingerprint density at radius 3 is 2.87 bits per heavy atom. The van der Waals surface area contributed by atoms with Gasteiger partial charge < -0.3 is 5.73 Å². The van der Waals surface area contributed by atoms with Crippen LogP contribution in [0.3, 0.4) is 0 Å². The molecule has 1 saturated heterocycles. The van der Waals surface area contributed by atoms with Gasteiger partial charge in [0.1, 0.15) is 4.99 Å². The van der Waals surface area contributed by atoms with Gasteiger partial charge in [0.15, 0.2) is 9.84 Å². The standard InChI is InChI=1S/C8H11N3O2S2/c9-8(14)6-3-10-11(4-6)7-1-2-15(12,13)5-7/h3-4,7H,1-2,5H2,(H2,9,14). The normalized spacial score (nSPS) is 24.1. The van der Waals surface area contributed by atoms with Gasteiger partial charge >= 0.3 is 0 Å². The zero-order chi connectivity index (χ0) is 11.1. The van der Waals surface area contributed by atoms with Gasteiger partial charge in [-0.2, -0.15) is 5.10 Å². The van der Waals surface area contributed by atoms with E-state index in [0.29, 0.717) is 12.0 Å². The Labute approximate surface area is 93.2 Å². The molecular weight excluding hydrogens is 234 g/mol. The summed E-state index contributed by atoms with van der Waals surface area (Å²) in [4.78, 5) is 0.280. The Balaban J connectivity index is 2.21. The molecule has 0 spiro atoms. The Morgan fingerprint density at radius 1 is 1.67 bits per heavy atom. The van der Waals surface area contributed by atoms with Crippen molar-refractivity contribution in [1.29, 1.82) is 0 Å². The molecule has 2 heterocycles. The molecule has 0 aromatic carbocycles. The predicted molar refractivity (Wildman–Crippen MR) is 60.4 cm³/mol. The maximum absolute atomic E-state index is 11.3. The van der Waals surface area contributed by atoms with Crippen LogP contribution >= 0.6 is 12.2 Å². The van der Waals surface area contributed by atoms with Crippen LogP contribution < -0.4 is 5.73 Å². The average molecular weight is 245 g/mol. The molecule has 0 bridgehead atoms. The second kappa shape index (κ2) is 3.57. The molecule has 1 fully saturated rings. The number of hydrogen-bond acceptors (Lipinski definition) is 4. The van der Waals surface area contributed by atoms with Crippen molar-refractivity contribution in [2.24, 2.45) is 5.73 Å². The fourth-order valence-electron chi connectivity index (χ4n) is 1.65. The minimum atomic E-state index is -2.88. The van der Waals surface area contributed by atoms with Crippen molar-refractivity contribution in [2.45, 2.75) is 12.5 Å². The predicted octanol–water partition coefficient (Wildman–Crippen LogP) is -0.123. The molecular formula is C8H11N3O2S2. The maximum Gasteiger partial charge on any atom is 0.152 e. The molecule has 0 amide bonds. The second-order valence-corrected chi connectivity index (χ2v) is 6.30. The van der Waals surface area contributed by atoms with E-state index in [-0.39, 0.29) is 22.5 Å². The fourth-order valence-corrected chi connectivity index (χ4v) is 3.46. The SMILES string of the molecule is NC(=S)c1cnn(C2CCS(=O)(=O)C2)c1. The van der Waals surface area contributed by atoms with Crippen LogP contribution in [0.5, 0.6) is 0 Å². The van der Waals surface area contributed by atoms with Crippen LogP contribution in [0, 0.1) is 0 Å². The maximum atomic E-state index is 11.3. The summed E-state index contributed by atoms with van der Waals surface area (Å²) in [6.45, 7) is 0. The van der Waals surface area contributed by atoms with E-state index in [4.69, 9.17) is 18.0 Å². The molecule has 1 aromatic rings. The van der Waals surface area contributed by atoms with Gasteiger partial charge in [-0.1, -0.05) is 12.2 Å². The van der Waals surface area contributed by atoms with E-state index >= 15 is 0 Å². The van der Waals surface area contributed by atoms with Crippen molar-refractivity contribution in [2.75, 3.05) is 11.5 Å². The van der Waals surface area contributed by atoms with Gasteiger partial charge in [0.25, 0.3) is 0 Å². The quantitative estimate of drug-likeness (QED) is 0.735. The number of sulfone groups is 1. The summed E-state index contributed by atoms with van der Waals surface area (Å²) < 4.78 is 24.2. The van der Waals surface area contributed by atoms with Gasteiger partial charge in [0.05, 0.1) is 23.7 Å². The number of hydrogen-bond donors (Lipinski definition) is 1. The summed E-state index contributed by atoms with van der Waals surface area (Å²) in [5.74, 6) is 0.394. The molecule has 0 aliphatic carbocycles. The minimum Gasteiger partial charge on any atom is -0.389 e. The number of rotatable bonds is 2. The van der Waals surface area contributed by atoms with Crippen LogP contribution in [-0.4, -0.2) is 34.7 Å². The van der Waals surface area contributed by atoms with Crippen LogP contribution in [-0.2, 0) is 9.84 Å². The summed E-state index contributed by atoms with van der Waals surface area (Å²) in [5.41, 5.74) is 6.11. The Hall–Kier alpha value is -0.950. The molecule has 0 radical (unpaired) electrons. The topological polar surface area (TPSA) is 78.0 Å².